The fourth-order valence-electron chi connectivity index (χ4n) is 3.07. The van der Waals surface area contributed by atoms with Crippen molar-refractivity contribution in [2.75, 3.05) is 44.7 Å². The molecule has 0 radical (unpaired) electrons. The monoisotopic (exact) mass is 386 g/mol. The molecule has 7 heteroatoms. The molecule has 1 aliphatic heterocycles. The van der Waals surface area contributed by atoms with Gasteiger partial charge in [0.1, 0.15) is 5.82 Å². The van der Waals surface area contributed by atoms with Gasteiger partial charge in [-0.2, -0.15) is 0 Å². The molecule has 0 atom stereocenters. The summed E-state index contributed by atoms with van der Waals surface area (Å²) in [5.41, 5.74) is 1.29. The SMILES string of the molecule is CN=C(NCCc1nc(C(C)(C)C)cs1)N1CCN(c2ccccn2)CC1. The number of hydrogen-bond donors (Lipinski definition) is 1. The maximum absolute atomic E-state index is 4.77. The number of guanidine groups is 1. The quantitative estimate of drug-likeness (QED) is 0.647. The van der Waals surface area contributed by atoms with Gasteiger partial charge in [-0.05, 0) is 12.1 Å². The average Bonchev–Trinajstić information content (AvgIpc) is 3.16. The van der Waals surface area contributed by atoms with Crippen molar-refractivity contribution in [1.29, 1.82) is 0 Å². The highest BCUT2D eigenvalue weighted by Crippen LogP contribution is 2.23. The zero-order chi connectivity index (χ0) is 19.3. The molecule has 0 saturated carbocycles. The van der Waals surface area contributed by atoms with Crippen LogP contribution >= 0.6 is 11.3 Å². The molecule has 3 heterocycles. The van der Waals surface area contributed by atoms with Crippen LogP contribution in [-0.4, -0.2) is 60.6 Å². The Morgan fingerprint density at radius 3 is 2.59 bits per heavy atom. The number of thiazole rings is 1. The summed E-state index contributed by atoms with van der Waals surface area (Å²) in [6.45, 7) is 11.3. The number of rotatable bonds is 4. The predicted molar refractivity (Wildman–Crippen MR) is 114 cm³/mol. The number of hydrogen-bond acceptors (Lipinski definition) is 5. The van der Waals surface area contributed by atoms with Crippen LogP contribution in [0.3, 0.4) is 0 Å². The summed E-state index contributed by atoms with van der Waals surface area (Å²) >= 11 is 1.75. The minimum atomic E-state index is 0.117. The fourth-order valence-corrected chi connectivity index (χ4v) is 4.10. The lowest BCUT2D eigenvalue weighted by Crippen LogP contribution is -2.53. The predicted octanol–water partition coefficient (Wildman–Crippen LogP) is 2.78. The van der Waals surface area contributed by atoms with Crippen molar-refractivity contribution in [1.82, 2.24) is 20.2 Å². The molecule has 1 saturated heterocycles. The van der Waals surface area contributed by atoms with Crippen molar-refractivity contribution in [2.45, 2.75) is 32.6 Å². The summed E-state index contributed by atoms with van der Waals surface area (Å²) in [4.78, 5) is 18.3. The summed E-state index contributed by atoms with van der Waals surface area (Å²) in [5, 5.41) is 6.86. The van der Waals surface area contributed by atoms with Crippen molar-refractivity contribution in [2.24, 2.45) is 4.99 Å². The molecule has 3 rings (SSSR count). The van der Waals surface area contributed by atoms with E-state index in [2.05, 4.69) is 57.3 Å². The van der Waals surface area contributed by atoms with E-state index in [1.54, 1.807) is 11.3 Å². The number of anilines is 1. The minimum Gasteiger partial charge on any atom is -0.356 e. The number of pyridine rings is 1. The Morgan fingerprint density at radius 2 is 2.00 bits per heavy atom. The topological polar surface area (TPSA) is 56.7 Å². The fraction of sp³-hybridized carbons (Fsp3) is 0.550. The van der Waals surface area contributed by atoms with E-state index in [9.17, 15) is 0 Å². The minimum absolute atomic E-state index is 0.117. The molecule has 2 aromatic heterocycles. The molecule has 0 bridgehead atoms. The molecule has 1 fully saturated rings. The molecule has 0 unspecified atom stereocenters. The van der Waals surface area contributed by atoms with Gasteiger partial charge in [-0.1, -0.05) is 26.8 Å². The van der Waals surface area contributed by atoms with Gasteiger partial charge in [-0.15, -0.1) is 11.3 Å². The Morgan fingerprint density at radius 1 is 1.22 bits per heavy atom. The highest BCUT2D eigenvalue weighted by atomic mass is 32.1. The van der Waals surface area contributed by atoms with Gasteiger partial charge in [0.2, 0.25) is 0 Å². The lowest BCUT2D eigenvalue weighted by molar-refractivity contribution is 0.372. The van der Waals surface area contributed by atoms with Crippen LogP contribution in [0, 0.1) is 0 Å². The molecule has 1 N–H and O–H groups in total. The zero-order valence-electron chi connectivity index (χ0n) is 16.8. The third kappa shape index (κ3) is 5.19. The van der Waals surface area contributed by atoms with Crippen LogP contribution < -0.4 is 10.2 Å². The largest absolute Gasteiger partial charge is 0.356 e. The van der Waals surface area contributed by atoms with Crippen molar-refractivity contribution < 1.29 is 0 Å². The van der Waals surface area contributed by atoms with Gasteiger partial charge in [0.25, 0.3) is 0 Å². The van der Waals surface area contributed by atoms with E-state index in [1.807, 2.05) is 25.4 Å². The van der Waals surface area contributed by atoms with E-state index in [0.29, 0.717) is 0 Å². The number of piperazine rings is 1. The standard InChI is InChI=1S/C20H30N6S/c1-20(2,3)16-15-27-18(24-16)8-10-23-19(21-4)26-13-11-25(12-14-26)17-7-5-6-9-22-17/h5-7,9,15H,8,10-14H2,1-4H3,(H,21,23). The van der Waals surface area contributed by atoms with Crippen LogP contribution in [0.4, 0.5) is 5.82 Å². The van der Waals surface area contributed by atoms with Gasteiger partial charge in [0.05, 0.1) is 10.7 Å². The second-order valence-corrected chi connectivity index (χ2v) is 8.71. The molecule has 0 aliphatic carbocycles. The van der Waals surface area contributed by atoms with Gasteiger partial charge < -0.3 is 15.1 Å². The molecule has 1 aliphatic rings. The zero-order valence-corrected chi connectivity index (χ0v) is 17.6. The number of nitrogens with one attached hydrogen (secondary N) is 1. The second kappa shape index (κ2) is 8.69. The van der Waals surface area contributed by atoms with Crippen LogP contribution in [0.15, 0.2) is 34.8 Å². The summed E-state index contributed by atoms with van der Waals surface area (Å²) in [7, 11) is 1.86. The van der Waals surface area contributed by atoms with E-state index in [-0.39, 0.29) is 5.41 Å². The van der Waals surface area contributed by atoms with Crippen molar-refractivity contribution in [3.8, 4) is 0 Å². The summed E-state index contributed by atoms with van der Waals surface area (Å²) in [6.07, 6.45) is 2.78. The normalized spacial score (nSPS) is 15.9. The Hall–Kier alpha value is -2.15. The van der Waals surface area contributed by atoms with Gasteiger partial charge in [-0.3, -0.25) is 4.99 Å². The van der Waals surface area contributed by atoms with Gasteiger partial charge in [0, 0.05) is 63.2 Å². The average molecular weight is 387 g/mol. The number of aromatic nitrogens is 2. The number of aliphatic imine (C=N–C) groups is 1. The Labute approximate surface area is 166 Å². The smallest absolute Gasteiger partial charge is 0.193 e. The summed E-state index contributed by atoms with van der Waals surface area (Å²) in [6, 6.07) is 6.07. The first-order valence-corrected chi connectivity index (χ1v) is 10.4. The first-order valence-electron chi connectivity index (χ1n) is 9.54. The van der Waals surface area contributed by atoms with Gasteiger partial charge >= 0.3 is 0 Å². The first kappa shape index (κ1) is 19.6. The van der Waals surface area contributed by atoms with Crippen LogP contribution in [0.1, 0.15) is 31.5 Å². The second-order valence-electron chi connectivity index (χ2n) is 7.76. The van der Waals surface area contributed by atoms with Crippen LogP contribution in [0.25, 0.3) is 0 Å². The van der Waals surface area contributed by atoms with Crippen LogP contribution in [-0.2, 0) is 11.8 Å². The van der Waals surface area contributed by atoms with Crippen molar-refractivity contribution >= 4 is 23.1 Å². The molecule has 0 amide bonds. The van der Waals surface area contributed by atoms with E-state index in [0.717, 1.165) is 50.9 Å². The van der Waals surface area contributed by atoms with Gasteiger partial charge in [-0.25, -0.2) is 9.97 Å². The Kier molecular flexibility index (Phi) is 6.31. The molecule has 27 heavy (non-hydrogen) atoms. The highest BCUT2D eigenvalue weighted by molar-refractivity contribution is 7.09. The molecule has 0 aromatic carbocycles. The van der Waals surface area contributed by atoms with Crippen molar-refractivity contribution in [3.05, 3.63) is 40.5 Å². The van der Waals surface area contributed by atoms with E-state index in [4.69, 9.17) is 4.98 Å². The lowest BCUT2D eigenvalue weighted by Gasteiger charge is -2.37. The van der Waals surface area contributed by atoms with Crippen molar-refractivity contribution in [3.63, 3.8) is 0 Å². The van der Waals surface area contributed by atoms with Crippen LogP contribution in [0.2, 0.25) is 0 Å². The molecule has 2 aromatic rings. The molecule has 6 nitrogen and oxygen atoms in total. The molecular weight excluding hydrogens is 356 g/mol. The van der Waals surface area contributed by atoms with E-state index >= 15 is 0 Å². The lowest BCUT2D eigenvalue weighted by atomic mass is 9.93. The molecular formula is C20H30N6S. The Balaban J connectivity index is 1.47. The van der Waals surface area contributed by atoms with E-state index in [1.165, 1.54) is 10.7 Å². The van der Waals surface area contributed by atoms with Gasteiger partial charge in [0.15, 0.2) is 5.96 Å². The van der Waals surface area contributed by atoms with E-state index < -0.39 is 0 Å². The first-order chi connectivity index (χ1) is 13.0. The third-order valence-corrected chi connectivity index (χ3v) is 5.62. The third-order valence-electron chi connectivity index (χ3n) is 4.71. The maximum atomic E-state index is 4.77. The maximum Gasteiger partial charge on any atom is 0.193 e. The summed E-state index contributed by atoms with van der Waals surface area (Å²) in [5.74, 6) is 2.03. The number of nitrogens with zero attached hydrogens (tertiary/aromatic N) is 5. The molecule has 146 valence electrons. The highest BCUT2D eigenvalue weighted by Gasteiger charge is 2.20. The molecule has 0 spiro atoms. The Bertz CT molecular complexity index is 741. The summed E-state index contributed by atoms with van der Waals surface area (Å²) < 4.78 is 0. The van der Waals surface area contributed by atoms with Crippen LogP contribution in [0.5, 0.6) is 0 Å².